The van der Waals surface area contributed by atoms with Gasteiger partial charge in [0.25, 0.3) is 0 Å². The molecule has 25 heavy (non-hydrogen) atoms. The molecule has 0 radical (unpaired) electrons. The zero-order valence-electron chi connectivity index (χ0n) is 14.4. The van der Waals surface area contributed by atoms with Crippen LogP contribution in [0.2, 0.25) is 0 Å². The van der Waals surface area contributed by atoms with Crippen molar-refractivity contribution in [1.82, 2.24) is 14.3 Å². The summed E-state index contributed by atoms with van der Waals surface area (Å²) in [5.41, 5.74) is 10.1. The number of aromatic hydroxyl groups is 1. The summed E-state index contributed by atoms with van der Waals surface area (Å²) in [6.45, 7) is 5.95. The van der Waals surface area contributed by atoms with Crippen LogP contribution < -0.4 is 5.73 Å². The average molecular weight is 339 g/mol. The van der Waals surface area contributed by atoms with Gasteiger partial charge in [-0.15, -0.1) is 0 Å². The Bertz CT molecular complexity index is 916. The summed E-state index contributed by atoms with van der Waals surface area (Å²) in [4.78, 5) is 0. The number of amidine groups is 1. The first-order valence-corrected chi connectivity index (χ1v) is 8.02. The minimum Gasteiger partial charge on any atom is -0.508 e. The van der Waals surface area contributed by atoms with E-state index in [-0.39, 0.29) is 11.6 Å². The molecular formula is C18H21N5O2. The van der Waals surface area contributed by atoms with E-state index in [0.717, 1.165) is 22.8 Å². The highest BCUT2D eigenvalue weighted by Gasteiger charge is 2.24. The minimum atomic E-state index is 0.0179. The van der Waals surface area contributed by atoms with Crippen LogP contribution in [0, 0.1) is 13.8 Å². The Balaban J connectivity index is 2.39. The number of oxime groups is 1. The van der Waals surface area contributed by atoms with E-state index in [1.54, 1.807) is 28.9 Å². The molecule has 0 aliphatic rings. The third-order valence-corrected chi connectivity index (χ3v) is 4.21. The molecule has 2 heterocycles. The van der Waals surface area contributed by atoms with E-state index in [2.05, 4.69) is 10.3 Å². The van der Waals surface area contributed by atoms with Crippen LogP contribution in [0.1, 0.15) is 29.6 Å². The van der Waals surface area contributed by atoms with Crippen molar-refractivity contribution in [1.29, 1.82) is 0 Å². The number of aryl methyl sites for hydroxylation is 3. The quantitative estimate of drug-likeness (QED) is 0.294. The van der Waals surface area contributed by atoms with Crippen molar-refractivity contribution in [2.45, 2.75) is 27.2 Å². The minimum absolute atomic E-state index is 0.0179. The molecule has 0 fully saturated rings. The van der Waals surface area contributed by atoms with E-state index >= 15 is 0 Å². The summed E-state index contributed by atoms with van der Waals surface area (Å²) in [7, 11) is 0. The maximum Gasteiger partial charge on any atom is 0.175 e. The van der Waals surface area contributed by atoms with Gasteiger partial charge < -0.3 is 20.6 Å². The Labute approximate surface area is 145 Å². The lowest BCUT2D eigenvalue weighted by Gasteiger charge is -2.14. The molecule has 0 spiro atoms. The number of phenols is 1. The maximum absolute atomic E-state index is 9.57. The number of nitrogens with two attached hydrogens (primary N) is 1. The largest absolute Gasteiger partial charge is 0.508 e. The van der Waals surface area contributed by atoms with Crippen LogP contribution in [-0.2, 0) is 6.42 Å². The fourth-order valence-electron chi connectivity index (χ4n) is 3.00. The van der Waals surface area contributed by atoms with Crippen molar-refractivity contribution in [2.24, 2.45) is 10.9 Å². The van der Waals surface area contributed by atoms with Gasteiger partial charge in [0.2, 0.25) is 0 Å². The van der Waals surface area contributed by atoms with Gasteiger partial charge in [0.05, 0.1) is 16.9 Å². The molecule has 2 aromatic heterocycles. The van der Waals surface area contributed by atoms with Gasteiger partial charge in [-0.3, -0.25) is 0 Å². The van der Waals surface area contributed by atoms with E-state index in [9.17, 15) is 10.3 Å². The van der Waals surface area contributed by atoms with Gasteiger partial charge in [-0.25, -0.2) is 4.68 Å². The fraction of sp³-hybridized carbons (Fsp3) is 0.222. The predicted octanol–water partition coefficient (Wildman–Crippen LogP) is 2.64. The molecular weight excluding hydrogens is 318 g/mol. The number of hydrogen-bond donors (Lipinski definition) is 3. The molecule has 3 aromatic rings. The Morgan fingerprint density at radius 2 is 1.72 bits per heavy atom. The zero-order valence-corrected chi connectivity index (χ0v) is 14.4. The van der Waals surface area contributed by atoms with Crippen LogP contribution >= 0.6 is 0 Å². The topological polar surface area (TPSA) is 102 Å². The lowest BCUT2D eigenvalue weighted by molar-refractivity contribution is 0.318. The molecule has 0 bridgehead atoms. The van der Waals surface area contributed by atoms with Crippen molar-refractivity contribution >= 4 is 5.84 Å². The molecule has 0 aliphatic carbocycles. The standard InChI is InChI=1S/C18H21N5O2/c1-4-15-16(17(19)21-25)18(22-11(2)5-6-12(22)3)23(20-15)13-7-9-14(24)10-8-13/h5-10,24-25H,4H2,1-3H3,(H2,19,21). The summed E-state index contributed by atoms with van der Waals surface area (Å²) >= 11 is 0. The van der Waals surface area contributed by atoms with Crippen molar-refractivity contribution in [2.75, 3.05) is 0 Å². The predicted molar refractivity (Wildman–Crippen MR) is 95.9 cm³/mol. The van der Waals surface area contributed by atoms with E-state index in [0.29, 0.717) is 17.8 Å². The second-order valence-corrected chi connectivity index (χ2v) is 5.86. The zero-order chi connectivity index (χ0) is 18.1. The number of rotatable bonds is 4. The first kappa shape index (κ1) is 16.6. The van der Waals surface area contributed by atoms with Gasteiger partial charge in [0.1, 0.15) is 5.75 Å². The van der Waals surface area contributed by atoms with E-state index in [1.807, 2.05) is 37.5 Å². The second kappa shape index (κ2) is 6.35. The molecule has 4 N–H and O–H groups in total. The van der Waals surface area contributed by atoms with Crippen molar-refractivity contribution < 1.29 is 10.3 Å². The van der Waals surface area contributed by atoms with E-state index < -0.39 is 0 Å². The Kier molecular flexibility index (Phi) is 4.22. The number of phenolic OH excluding ortho intramolecular Hbond substituents is 1. The summed E-state index contributed by atoms with van der Waals surface area (Å²) in [6.07, 6.45) is 0.628. The molecule has 0 aliphatic heterocycles. The van der Waals surface area contributed by atoms with Crippen LogP contribution in [-0.4, -0.2) is 30.5 Å². The summed E-state index contributed by atoms with van der Waals surface area (Å²) in [5, 5.41) is 26.7. The smallest absolute Gasteiger partial charge is 0.175 e. The normalized spacial score (nSPS) is 11.9. The molecule has 0 amide bonds. The SMILES string of the molecule is CCc1nn(-c2ccc(O)cc2)c(-n2c(C)ccc2C)c1/C(N)=N/O. The molecule has 0 saturated carbocycles. The summed E-state index contributed by atoms with van der Waals surface area (Å²) in [6, 6.07) is 10.8. The van der Waals surface area contributed by atoms with Crippen molar-refractivity contribution in [3.63, 3.8) is 0 Å². The first-order chi connectivity index (χ1) is 12.0. The van der Waals surface area contributed by atoms with Gasteiger partial charge in [-0.05, 0) is 56.7 Å². The maximum atomic E-state index is 9.57. The molecule has 7 nitrogen and oxygen atoms in total. The molecule has 130 valence electrons. The molecule has 0 unspecified atom stereocenters. The first-order valence-electron chi connectivity index (χ1n) is 8.02. The molecule has 0 saturated heterocycles. The summed E-state index contributed by atoms with van der Waals surface area (Å²) < 4.78 is 3.78. The fourth-order valence-corrected chi connectivity index (χ4v) is 3.00. The number of benzene rings is 1. The lowest BCUT2D eigenvalue weighted by Crippen LogP contribution is -2.19. The highest BCUT2D eigenvalue weighted by atomic mass is 16.4. The van der Waals surface area contributed by atoms with Gasteiger partial charge in [-0.1, -0.05) is 12.1 Å². The van der Waals surface area contributed by atoms with Gasteiger partial charge >= 0.3 is 0 Å². The number of hydrogen-bond acceptors (Lipinski definition) is 4. The number of nitrogens with zero attached hydrogens (tertiary/aromatic N) is 4. The van der Waals surface area contributed by atoms with Gasteiger partial charge in [-0.2, -0.15) is 5.10 Å². The molecule has 1 aromatic carbocycles. The Hall–Kier alpha value is -3.22. The van der Waals surface area contributed by atoms with Crippen molar-refractivity contribution in [3.8, 4) is 17.3 Å². The monoisotopic (exact) mass is 339 g/mol. The average Bonchev–Trinajstić information content (AvgIpc) is 3.14. The third kappa shape index (κ3) is 2.73. The van der Waals surface area contributed by atoms with Crippen LogP contribution in [0.4, 0.5) is 0 Å². The highest BCUT2D eigenvalue weighted by Crippen LogP contribution is 2.27. The Morgan fingerprint density at radius 1 is 1.12 bits per heavy atom. The van der Waals surface area contributed by atoms with E-state index in [1.165, 1.54) is 0 Å². The van der Waals surface area contributed by atoms with Gasteiger partial charge in [0.15, 0.2) is 11.7 Å². The Morgan fingerprint density at radius 3 is 2.24 bits per heavy atom. The van der Waals surface area contributed by atoms with E-state index in [4.69, 9.17) is 5.73 Å². The lowest BCUT2D eigenvalue weighted by atomic mass is 10.1. The third-order valence-electron chi connectivity index (χ3n) is 4.21. The van der Waals surface area contributed by atoms with Crippen LogP contribution in [0.5, 0.6) is 5.75 Å². The number of aromatic nitrogens is 3. The molecule has 3 rings (SSSR count). The highest BCUT2D eigenvalue weighted by molar-refractivity contribution is 6.01. The molecule has 7 heteroatoms. The molecule has 0 atom stereocenters. The summed E-state index contributed by atoms with van der Waals surface area (Å²) in [5.74, 6) is 0.903. The van der Waals surface area contributed by atoms with Crippen LogP contribution in [0.15, 0.2) is 41.6 Å². The van der Waals surface area contributed by atoms with Crippen LogP contribution in [0.25, 0.3) is 11.5 Å². The van der Waals surface area contributed by atoms with Crippen LogP contribution in [0.3, 0.4) is 0 Å². The van der Waals surface area contributed by atoms with Crippen molar-refractivity contribution in [3.05, 3.63) is 59.0 Å². The van der Waals surface area contributed by atoms with Gasteiger partial charge in [0, 0.05) is 11.4 Å². The second-order valence-electron chi connectivity index (χ2n) is 5.86.